The number of anilines is 2. The Labute approximate surface area is 155 Å². The van der Waals surface area contributed by atoms with Crippen LogP contribution >= 0.6 is 23.2 Å². The second-order valence-electron chi connectivity index (χ2n) is 5.30. The van der Waals surface area contributed by atoms with Crippen LogP contribution in [0.2, 0.25) is 10.0 Å². The molecule has 1 atom stereocenters. The van der Waals surface area contributed by atoms with Crippen molar-refractivity contribution in [1.29, 1.82) is 0 Å². The Morgan fingerprint density at radius 3 is 2.36 bits per heavy atom. The van der Waals surface area contributed by atoms with Crippen molar-refractivity contribution in [2.75, 3.05) is 15.9 Å². The molecule has 134 valence electrons. The minimum absolute atomic E-state index is 0.207. The molecule has 0 saturated heterocycles. The molecule has 1 amide bonds. The Balaban J connectivity index is 2.33. The van der Waals surface area contributed by atoms with Gasteiger partial charge in [-0.25, -0.2) is 12.8 Å². The number of benzene rings is 2. The number of hydrogen-bond acceptors (Lipinski definition) is 3. The Hall–Kier alpha value is -1.83. The molecule has 2 aromatic carbocycles. The summed E-state index contributed by atoms with van der Waals surface area (Å²) in [5, 5.41) is 3.09. The minimum Gasteiger partial charge on any atom is -0.324 e. The second kappa shape index (κ2) is 7.59. The number of rotatable bonds is 5. The summed E-state index contributed by atoms with van der Waals surface area (Å²) in [5.41, 5.74) is 0.134. The molecule has 5 nitrogen and oxygen atoms in total. The highest BCUT2D eigenvalue weighted by Crippen LogP contribution is 2.27. The lowest BCUT2D eigenvalue weighted by molar-refractivity contribution is -0.116. The summed E-state index contributed by atoms with van der Waals surface area (Å²) in [4.78, 5) is 12.5. The van der Waals surface area contributed by atoms with Gasteiger partial charge in [0, 0.05) is 5.69 Å². The number of halogens is 3. The topological polar surface area (TPSA) is 66.5 Å². The van der Waals surface area contributed by atoms with E-state index in [0.29, 0.717) is 10.7 Å². The van der Waals surface area contributed by atoms with Gasteiger partial charge in [0.25, 0.3) is 0 Å². The Bertz CT molecular complexity index is 906. The predicted molar refractivity (Wildman–Crippen MR) is 98.3 cm³/mol. The van der Waals surface area contributed by atoms with Crippen molar-refractivity contribution in [2.24, 2.45) is 0 Å². The summed E-state index contributed by atoms with van der Waals surface area (Å²) in [6, 6.07) is 8.59. The molecule has 0 aliphatic heterocycles. The molecule has 2 aromatic rings. The van der Waals surface area contributed by atoms with E-state index >= 15 is 0 Å². The molecule has 0 heterocycles. The van der Waals surface area contributed by atoms with Gasteiger partial charge in [-0.1, -0.05) is 35.3 Å². The van der Waals surface area contributed by atoms with E-state index in [4.69, 9.17) is 23.2 Å². The number of nitrogens with one attached hydrogen (secondary N) is 1. The van der Waals surface area contributed by atoms with E-state index < -0.39 is 27.8 Å². The van der Waals surface area contributed by atoms with E-state index in [0.717, 1.165) is 16.6 Å². The maximum atomic E-state index is 14.0. The average Bonchev–Trinajstić information content (AvgIpc) is 2.51. The summed E-state index contributed by atoms with van der Waals surface area (Å²) >= 11 is 11.7. The van der Waals surface area contributed by atoms with Gasteiger partial charge in [-0.3, -0.25) is 9.10 Å². The number of nitrogens with zero attached hydrogens (tertiary/aromatic N) is 1. The van der Waals surface area contributed by atoms with E-state index in [1.54, 1.807) is 0 Å². The van der Waals surface area contributed by atoms with Gasteiger partial charge in [0.1, 0.15) is 11.9 Å². The van der Waals surface area contributed by atoms with Crippen molar-refractivity contribution in [3.63, 3.8) is 0 Å². The molecular weight excluding hydrogens is 390 g/mol. The van der Waals surface area contributed by atoms with Gasteiger partial charge >= 0.3 is 0 Å². The Kier molecular flexibility index (Phi) is 5.92. The lowest BCUT2D eigenvalue weighted by Gasteiger charge is -2.28. The Morgan fingerprint density at radius 1 is 1.16 bits per heavy atom. The van der Waals surface area contributed by atoms with Crippen molar-refractivity contribution in [2.45, 2.75) is 13.0 Å². The van der Waals surface area contributed by atoms with Crippen LogP contribution in [0.1, 0.15) is 6.92 Å². The van der Waals surface area contributed by atoms with Crippen molar-refractivity contribution < 1.29 is 17.6 Å². The number of carbonyl (C=O) groups excluding carboxylic acids is 1. The van der Waals surface area contributed by atoms with Crippen LogP contribution in [-0.2, 0) is 14.8 Å². The third-order valence-electron chi connectivity index (χ3n) is 3.37. The zero-order chi connectivity index (χ0) is 18.8. The highest BCUT2D eigenvalue weighted by molar-refractivity contribution is 7.92. The first-order valence-corrected chi connectivity index (χ1v) is 9.71. The monoisotopic (exact) mass is 404 g/mol. The van der Waals surface area contributed by atoms with E-state index in [9.17, 15) is 17.6 Å². The minimum atomic E-state index is -3.91. The first-order chi connectivity index (χ1) is 11.6. The van der Waals surface area contributed by atoms with Crippen molar-refractivity contribution in [3.05, 3.63) is 58.3 Å². The SMILES string of the molecule is C[C@H](C(=O)Nc1ccc(Cl)c(Cl)c1)N(c1ccccc1F)S(C)(=O)=O. The summed E-state index contributed by atoms with van der Waals surface area (Å²) in [7, 11) is -3.91. The van der Waals surface area contributed by atoms with Crippen molar-refractivity contribution >= 4 is 50.5 Å². The molecule has 0 unspecified atom stereocenters. The maximum Gasteiger partial charge on any atom is 0.247 e. The smallest absolute Gasteiger partial charge is 0.247 e. The van der Waals surface area contributed by atoms with E-state index in [-0.39, 0.29) is 10.7 Å². The summed E-state index contributed by atoms with van der Waals surface area (Å²) in [6.45, 7) is 1.36. The maximum absolute atomic E-state index is 14.0. The fourth-order valence-electron chi connectivity index (χ4n) is 2.23. The molecule has 0 aliphatic rings. The molecule has 25 heavy (non-hydrogen) atoms. The quantitative estimate of drug-likeness (QED) is 0.820. The van der Waals surface area contributed by atoms with Gasteiger partial charge in [-0.15, -0.1) is 0 Å². The van der Waals surface area contributed by atoms with Crippen LogP contribution in [0, 0.1) is 5.82 Å². The molecule has 0 spiro atoms. The number of carbonyl (C=O) groups is 1. The molecule has 1 N–H and O–H groups in total. The molecule has 0 radical (unpaired) electrons. The fraction of sp³-hybridized carbons (Fsp3) is 0.188. The number of para-hydroxylation sites is 1. The largest absolute Gasteiger partial charge is 0.324 e. The predicted octanol–water partition coefficient (Wildman–Crippen LogP) is 3.93. The van der Waals surface area contributed by atoms with Crippen LogP contribution < -0.4 is 9.62 Å². The zero-order valence-electron chi connectivity index (χ0n) is 13.3. The first kappa shape index (κ1) is 19.5. The standard InChI is InChI=1S/C16H15Cl2FN2O3S/c1-10(16(22)20-11-7-8-12(17)13(18)9-11)21(25(2,23)24)15-6-4-3-5-14(15)19/h3-10H,1-2H3,(H,20,22)/t10-/m1/s1. The van der Waals surface area contributed by atoms with E-state index in [1.807, 2.05) is 0 Å². The third kappa shape index (κ3) is 4.62. The number of hydrogen-bond donors (Lipinski definition) is 1. The van der Waals surface area contributed by atoms with Crippen molar-refractivity contribution in [1.82, 2.24) is 0 Å². The van der Waals surface area contributed by atoms with Gasteiger partial charge in [0.15, 0.2) is 0 Å². The van der Waals surface area contributed by atoms with Crippen LogP contribution in [0.5, 0.6) is 0 Å². The zero-order valence-corrected chi connectivity index (χ0v) is 15.7. The lowest BCUT2D eigenvalue weighted by Crippen LogP contribution is -2.45. The molecule has 0 saturated carbocycles. The summed E-state index contributed by atoms with van der Waals surface area (Å²) < 4.78 is 39.0. The van der Waals surface area contributed by atoms with Gasteiger partial charge in [0.2, 0.25) is 15.9 Å². The molecule has 0 aliphatic carbocycles. The fourth-order valence-corrected chi connectivity index (χ4v) is 3.71. The first-order valence-electron chi connectivity index (χ1n) is 7.11. The van der Waals surface area contributed by atoms with Crippen LogP contribution in [0.15, 0.2) is 42.5 Å². The van der Waals surface area contributed by atoms with Gasteiger partial charge in [-0.2, -0.15) is 0 Å². The Morgan fingerprint density at radius 2 is 1.80 bits per heavy atom. The lowest BCUT2D eigenvalue weighted by atomic mass is 10.2. The van der Waals surface area contributed by atoms with Crippen LogP contribution in [0.3, 0.4) is 0 Å². The molecule has 0 fully saturated rings. The highest BCUT2D eigenvalue weighted by atomic mass is 35.5. The van der Waals surface area contributed by atoms with Gasteiger partial charge < -0.3 is 5.32 Å². The summed E-state index contributed by atoms with van der Waals surface area (Å²) in [5.74, 6) is -1.39. The second-order valence-corrected chi connectivity index (χ2v) is 7.98. The number of amides is 1. The summed E-state index contributed by atoms with van der Waals surface area (Å²) in [6.07, 6.45) is 0.905. The van der Waals surface area contributed by atoms with Crippen LogP contribution in [0.25, 0.3) is 0 Å². The molecular formula is C16H15Cl2FN2O3S. The molecule has 2 rings (SSSR count). The van der Waals surface area contributed by atoms with Crippen molar-refractivity contribution in [3.8, 4) is 0 Å². The van der Waals surface area contributed by atoms with Gasteiger partial charge in [0.05, 0.1) is 22.0 Å². The molecule has 0 bridgehead atoms. The van der Waals surface area contributed by atoms with Crippen LogP contribution in [-0.4, -0.2) is 26.6 Å². The highest BCUT2D eigenvalue weighted by Gasteiger charge is 2.31. The molecule has 9 heteroatoms. The van der Waals surface area contributed by atoms with E-state index in [2.05, 4.69) is 5.32 Å². The van der Waals surface area contributed by atoms with Gasteiger partial charge in [-0.05, 0) is 37.3 Å². The normalized spacial score (nSPS) is 12.5. The third-order valence-corrected chi connectivity index (χ3v) is 5.33. The average molecular weight is 405 g/mol. The molecule has 0 aromatic heterocycles. The van der Waals surface area contributed by atoms with E-state index in [1.165, 1.54) is 43.3 Å². The number of sulfonamides is 1. The van der Waals surface area contributed by atoms with Crippen LogP contribution in [0.4, 0.5) is 15.8 Å².